The number of Topliss-reactive ketones (excluding diaryl/α,β-unsaturated/α-hetero) is 1. The molecule has 1 atom stereocenters. The molecule has 1 aliphatic rings. The first-order chi connectivity index (χ1) is 8.74. The number of carbonyl (C=O) groups is 1. The van der Waals surface area contributed by atoms with Gasteiger partial charge in [-0.2, -0.15) is 0 Å². The van der Waals surface area contributed by atoms with Gasteiger partial charge in [0.25, 0.3) is 0 Å². The molecule has 90 valence electrons. The molecule has 1 heterocycles. The van der Waals surface area contributed by atoms with Crippen LogP contribution in [0.4, 0.5) is 4.39 Å². The first-order valence-corrected chi connectivity index (χ1v) is 5.78. The fourth-order valence-corrected chi connectivity index (χ4v) is 2.17. The van der Waals surface area contributed by atoms with Gasteiger partial charge in [0.1, 0.15) is 17.7 Å². The Morgan fingerprint density at radius 1 is 1.11 bits per heavy atom. The molecule has 0 fully saturated rings. The van der Waals surface area contributed by atoms with Gasteiger partial charge in [-0.1, -0.05) is 24.3 Å². The number of ketones is 1. The molecule has 2 aromatic carbocycles. The van der Waals surface area contributed by atoms with Gasteiger partial charge in [0.15, 0.2) is 5.78 Å². The molecule has 0 aliphatic carbocycles. The Bertz CT molecular complexity index is 607. The zero-order valence-corrected chi connectivity index (χ0v) is 9.60. The molecule has 0 amide bonds. The number of para-hydroxylation sites is 1. The van der Waals surface area contributed by atoms with E-state index in [1.54, 1.807) is 24.3 Å². The number of hydrogen-bond donors (Lipinski definition) is 0. The van der Waals surface area contributed by atoms with E-state index in [9.17, 15) is 9.18 Å². The van der Waals surface area contributed by atoms with Crippen molar-refractivity contribution in [2.45, 2.75) is 12.5 Å². The van der Waals surface area contributed by atoms with Gasteiger partial charge in [0, 0.05) is 0 Å². The third-order valence-corrected chi connectivity index (χ3v) is 3.05. The van der Waals surface area contributed by atoms with Crippen molar-refractivity contribution in [2.75, 3.05) is 0 Å². The van der Waals surface area contributed by atoms with E-state index in [-0.39, 0.29) is 18.0 Å². The molecule has 0 unspecified atom stereocenters. The summed E-state index contributed by atoms with van der Waals surface area (Å²) in [7, 11) is 0. The Morgan fingerprint density at radius 2 is 1.94 bits per heavy atom. The lowest BCUT2D eigenvalue weighted by molar-refractivity contribution is 0.0849. The van der Waals surface area contributed by atoms with Gasteiger partial charge in [-0.25, -0.2) is 4.39 Å². The topological polar surface area (TPSA) is 26.3 Å². The fourth-order valence-electron chi connectivity index (χ4n) is 2.17. The van der Waals surface area contributed by atoms with Crippen LogP contribution in [0, 0.1) is 5.82 Å². The van der Waals surface area contributed by atoms with E-state index in [4.69, 9.17) is 4.74 Å². The maximum Gasteiger partial charge on any atom is 0.170 e. The van der Waals surface area contributed by atoms with Crippen LogP contribution in [0.1, 0.15) is 28.4 Å². The van der Waals surface area contributed by atoms with E-state index < -0.39 is 6.10 Å². The van der Waals surface area contributed by atoms with Crippen LogP contribution in [0.5, 0.6) is 5.75 Å². The maximum absolute atomic E-state index is 13.2. The van der Waals surface area contributed by atoms with E-state index >= 15 is 0 Å². The van der Waals surface area contributed by atoms with Crippen LogP contribution in [0.15, 0.2) is 48.5 Å². The molecule has 18 heavy (non-hydrogen) atoms. The predicted molar refractivity (Wildman–Crippen MR) is 65.2 cm³/mol. The number of ether oxygens (including phenoxy) is 1. The van der Waals surface area contributed by atoms with Crippen LogP contribution in [-0.2, 0) is 0 Å². The van der Waals surface area contributed by atoms with E-state index in [0.29, 0.717) is 16.9 Å². The Kier molecular flexibility index (Phi) is 2.59. The van der Waals surface area contributed by atoms with E-state index in [2.05, 4.69) is 0 Å². The molecule has 0 saturated heterocycles. The van der Waals surface area contributed by atoms with Gasteiger partial charge in [-0.15, -0.1) is 0 Å². The lowest BCUT2D eigenvalue weighted by Crippen LogP contribution is -2.20. The number of hydrogen-bond acceptors (Lipinski definition) is 2. The van der Waals surface area contributed by atoms with Crippen LogP contribution < -0.4 is 4.74 Å². The Hall–Kier alpha value is -2.16. The minimum atomic E-state index is -0.400. The first-order valence-electron chi connectivity index (χ1n) is 5.78. The second-order valence-electron chi connectivity index (χ2n) is 4.28. The SMILES string of the molecule is O=C1C[C@H](c2cccc(F)c2)Oc2ccccc21. The third-order valence-electron chi connectivity index (χ3n) is 3.05. The van der Waals surface area contributed by atoms with Gasteiger partial charge < -0.3 is 4.74 Å². The minimum Gasteiger partial charge on any atom is -0.484 e. The number of carbonyl (C=O) groups excluding carboxylic acids is 1. The summed E-state index contributed by atoms with van der Waals surface area (Å²) < 4.78 is 18.9. The highest BCUT2D eigenvalue weighted by Crippen LogP contribution is 2.34. The molecule has 0 N–H and O–H groups in total. The monoisotopic (exact) mass is 242 g/mol. The van der Waals surface area contributed by atoms with Crippen LogP contribution in [0.2, 0.25) is 0 Å². The highest BCUT2D eigenvalue weighted by atomic mass is 19.1. The standard InChI is InChI=1S/C15H11FO2/c16-11-5-3-4-10(8-11)15-9-13(17)12-6-1-2-7-14(12)18-15/h1-8,15H,9H2/t15-/m1/s1. The first kappa shape index (κ1) is 11.0. The second kappa shape index (κ2) is 4.26. The minimum absolute atomic E-state index is 0.0334. The van der Waals surface area contributed by atoms with Crippen molar-refractivity contribution >= 4 is 5.78 Å². The van der Waals surface area contributed by atoms with Crippen LogP contribution in [-0.4, -0.2) is 5.78 Å². The molecule has 0 bridgehead atoms. The molecule has 0 radical (unpaired) electrons. The molecule has 2 aromatic rings. The van der Waals surface area contributed by atoms with Gasteiger partial charge in [-0.05, 0) is 29.8 Å². The van der Waals surface area contributed by atoms with Crippen molar-refractivity contribution in [2.24, 2.45) is 0 Å². The van der Waals surface area contributed by atoms with Crippen molar-refractivity contribution in [3.63, 3.8) is 0 Å². The summed E-state index contributed by atoms with van der Waals surface area (Å²) in [6, 6.07) is 13.3. The van der Waals surface area contributed by atoms with E-state index in [1.165, 1.54) is 12.1 Å². The molecule has 0 saturated carbocycles. The average molecular weight is 242 g/mol. The van der Waals surface area contributed by atoms with Crippen LogP contribution in [0.3, 0.4) is 0 Å². The van der Waals surface area contributed by atoms with Crippen LogP contribution in [0.25, 0.3) is 0 Å². The zero-order valence-electron chi connectivity index (χ0n) is 9.60. The van der Waals surface area contributed by atoms with E-state index in [1.807, 2.05) is 12.1 Å². The molecule has 0 aromatic heterocycles. The highest BCUT2D eigenvalue weighted by Gasteiger charge is 2.27. The summed E-state index contributed by atoms with van der Waals surface area (Å²) in [6.45, 7) is 0. The Labute approximate surface area is 104 Å². The summed E-state index contributed by atoms with van der Waals surface area (Å²) in [6.07, 6.45) is -0.149. The molecule has 0 spiro atoms. The largest absolute Gasteiger partial charge is 0.484 e. The second-order valence-corrected chi connectivity index (χ2v) is 4.28. The summed E-state index contributed by atoms with van der Waals surface area (Å²) >= 11 is 0. The van der Waals surface area contributed by atoms with Crippen molar-refractivity contribution in [1.29, 1.82) is 0 Å². The summed E-state index contributed by atoms with van der Waals surface area (Å²) in [5.41, 5.74) is 1.29. The van der Waals surface area contributed by atoms with Crippen molar-refractivity contribution in [1.82, 2.24) is 0 Å². The third kappa shape index (κ3) is 1.88. The normalized spacial score (nSPS) is 18.1. The summed E-state index contributed by atoms with van der Waals surface area (Å²) in [4.78, 5) is 12.0. The average Bonchev–Trinajstić information content (AvgIpc) is 2.39. The van der Waals surface area contributed by atoms with Crippen molar-refractivity contribution in [3.05, 3.63) is 65.5 Å². The fraction of sp³-hybridized carbons (Fsp3) is 0.133. The maximum atomic E-state index is 13.2. The van der Waals surface area contributed by atoms with Crippen molar-refractivity contribution < 1.29 is 13.9 Å². The number of benzene rings is 2. The lowest BCUT2D eigenvalue weighted by Gasteiger charge is -2.25. The molecular weight excluding hydrogens is 231 g/mol. The van der Waals surface area contributed by atoms with Gasteiger partial charge in [-0.3, -0.25) is 4.79 Å². The van der Waals surface area contributed by atoms with Crippen molar-refractivity contribution in [3.8, 4) is 5.75 Å². The predicted octanol–water partition coefficient (Wildman–Crippen LogP) is 3.53. The zero-order chi connectivity index (χ0) is 12.5. The highest BCUT2D eigenvalue weighted by molar-refractivity contribution is 5.99. The number of rotatable bonds is 1. The molecule has 1 aliphatic heterocycles. The Balaban J connectivity index is 1.97. The van der Waals surface area contributed by atoms with Gasteiger partial charge >= 0.3 is 0 Å². The lowest BCUT2D eigenvalue weighted by atomic mass is 9.96. The summed E-state index contributed by atoms with van der Waals surface area (Å²) in [5.74, 6) is 0.288. The molecule has 3 heteroatoms. The molecule has 2 nitrogen and oxygen atoms in total. The van der Waals surface area contributed by atoms with E-state index in [0.717, 1.165) is 0 Å². The van der Waals surface area contributed by atoms with Crippen LogP contribution >= 0.6 is 0 Å². The molecule has 3 rings (SSSR count). The summed E-state index contributed by atoms with van der Waals surface area (Å²) in [5, 5.41) is 0. The van der Waals surface area contributed by atoms with Gasteiger partial charge in [0.2, 0.25) is 0 Å². The van der Waals surface area contributed by atoms with Gasteiger partial charge in [0.05, 0.1) is 12.0 Å². The number of fused-ring (bicyclic) bond motifs is 1. The quantitative estimate of drug-likeness (QED) is 0.764. The smallest absolute Gasteiger partial charge is 0.170 e. The number of halogens is 1. The molecular formula is C15H11FO2. The Morgan fingerprint density at radius 3 is 2.78 bits per heavy atom.